The van der Waals surface area contributed by atoms with Gasteiger partial charge in [-0.25, -0.2) is 0 Å². The number of rotatable bonds is 3. The number of hydrogen-bond acceptors (Lipinski definition) is 3. The van der Waals surface area contributed by atoms with Crippen LogP contribution in [0.3, 0.4) is 0 Å². The van der Waals surface area contributed by atoms with Crippen LogP contribution in [-0.2, 0) is 9.47 Å². The topological polar surface area (TPSA) is 38.7 Å². The molecule has 1 aromatic rings. The lowest BCUT2D eigenvalue weighted by atomic mass is 10.0. The van der Waals surface area contributed by atoms with Crippen LogP contribution in [0.2, 0.25) is 0 Å². The first-order valence-corrected chi connectivity index (χ1v) is 5.33. The second kappa shape index (κ2) is 4.75. The summed E-state index contributed by atoms with van der Waals surface area (Å²) in [6.07, 6.45) is -0.0413. The first kappa shape index (κ1) is 10.6. The highest BCUT2D eigenvalue weighted by molar-refractivity contribution is 5.30. The summed E-state index contributed by atoms with van der Waals surface area (Å²) < 4.78 is 10.9. The van der Waals surface area contributed by atoms with Gasteiger partial charge in [-0.3, -0.25) is 0 Å². The van der Waals surface area contributed by atoms with Gasteiger partial charge in [0.05, 0.1) is 19.3 Å². The monoisotopic (exact) mass is 208 g/mol. The van der Waals surface area contributed by atoms with E-state index in [0.29, 0.717) is 19.6 Å². The molecule has 3 nitrogen and oxygen atoms in total. The van der Waals surface area contributed by atoms with Gasteiger partial charge in [0.1, 0.15) is 0 Å². The van der Waals surface area contributed by atoms with Gasteiger partial charge in [0.15, 0.2) is 6.29 Å². The highest BCUT2D eigenvalue weighted by Gasteiger charge is 2.22. The van der Waals surface area contributed by atoms with Gasteiger partial charge in [0.2, 0.25) is 0 Å². The molecule has 1 saturated heterocycles. The maximum Gasteiger partial charge on any atom is 0.184 e. The van der Waals surface area contributed by atoms with Crippen molar-refractivity contribution in [2.75, 3.05) is 13.2 Å². The van der Waals surface area contributed by atoms with Crippen LogP contribution in [0.5, 0.6) is 0 Å². The van der Waals surface area contributed by atoms with E-state index in [1.54, 1.807) is 0 Å². The van der Waals surface area contributed by atoms with Gasteiger partial charge < -0.3 is 14.6 Å². The number of aliphatic hydroxyl groups is 1. The normalized spacial score (nSPS) is 19.3. The standard InChI is InChI=1S/C12H16O3/c1-2-11(13)9-5-3-4-6-10(9)12-14-7-8-15-12/h3-6,11-13H,2,7-8H2,1H3. The highest BCUT2D eigenvalue weighted by atomic mass is 16.7. The molecule has 82 valence electrons. The summed E-state index contributed by atoms with van der Waals surface area (Å²) >= 11 is 0. The van der Waals surface area contributed by atoms with Gasteiger partial charge in [-0.15, -0.1) is 0 Å². The number of benzene rings is 1. The molecule has 1 unspecified atom stereocenters. The van der Waals surface area contributed by atoms with E-state index in [4.69, 9.17) is 9.47 Å². The zero-order valence-electron chi connectivity index (χ0n) is 8.85. The third kappa shape index (κ3) is 2.20. The van der Waals surface area contributed by atoms with Gasteiger partial charge in [0, 0.05) is 5.56 Å². The lowest BCUT2D eigenvalue weighted by Gasteiger charge is -2.17. The lowest BCUT2D eigenvalue weighted by molar-refractivity contribution is -0.0460. The molecule has 0 amide bonds. The van der Waals surface area contributed by atoms with Crippen molar-refractivity contribution in [2.45, 2.75) is 25.7 Å². The lowest BCUT2D eigenvalue weighted by Crippen LogP contribution is -2.06. The third-order valence-electron chi connectivity index (χ3n) is 2.62. The Morgan fingerprint density at radius 1 is 1.33 bits per heavy atom. The van der Waals surface area contributed by atoms with Crippen LogP contribution in [0.1, 0.15) is 36.9 Å². The van der Waals surface area contributed by atoms with Crippen LogP contribution < -0.4 is 0 Å². The second-order valence-corrected chi connectivity index (χ2v) is 3.63. The van der Waals surface area contributed by atoms with E-state index >= 15 is 0 Å². The fourth-order valence-corrected chi connectivity index (χ4v) is 1.79. The molecule has 0 bridgehead atoms. The average molecular weight is 208 g/mol. The predicted octanol–water partition coefficient (Wildman–Crippen LogP) is 2.18. The highest BCUT2D eigenvalue weighted by Crippen LogP contribution is 2.30. The van der Waals surface area contributed by atoms with Crippen molar-refractivity contribution in [2.24, 2.45) is 0 Å². The first-order chi connectivity index (χ1) is 7.33. The summed E-state index contributed by atoms with van der Waals surface area (Å²) in [5, 5.41) is 9.86. The Morgan fingerprint density at radius 3 is 2.67 bits per heavy atom. The van der Waals surface area contributed by atoms with Crippen LogP contribution in [-0.4, -0.2) is 18.3 Å². The molecule has 3 heteroatoms. The third-order valence-corrected chi connectivity index (χ3v) is 2.62. The Labute approximate surface area is 89.6 Å². The molecule has 1 aromatic carbocycles. The predicted molar refractivity (Wildman–Crippen MR) is 56.3 cm³/mol. The summed E-state index contributed by atoms with van der Waals surface area (Å²) in [7, 11) is 0. The van der Waals surface area contributed by atoms with E-state index in [-0.39, 0.29) is 6.29 Å². The number of ether oxygens (including phenoxy) is 2. The number of aliphatic hydroxyl groups excluding tert-OH is 1. The molecule has 1 aliphatic heterocycles. The first-order valence-electron chi connectivity index (χ1n) is 5.33. The van der Waals surface area contributed by atoms with Gasteiger partial charge in [-0.05, 0) is 12.0 Å². The van der Waals surface area contributed by atoms with Crippen LogP contribution >= 0.6 is 0 Å². The molecule has 0 aromatic heterocycles. The molecule has 1 atom stereocenters. The largest absolute Gasteiger partial charge is 0.388 e. The summed E-state index contributed by atoms with van der Waals surface area (Å²) in [5.74, 6) is 0. The Kier molecular flexibility index (Phi) is 3.36. The second-order valence-electron chi connectivity index (χ2n) is 3.63. The van der Waals surface area contributed by atoms with Crippen molar-refractivity contribution in [3.8, 4) is 0 Å². The van der Waals surface area contributed by atoms with Crippen molar-refractivity contribution in [1.82, 2.24) is 0 Å². The minimum Gasteiger partial charge on any atom is -0.388 e. The van der Waals surface area contributed by atoms with E-state index < -0.39 is 6.10 Å². The Bertz CT molecular complexity index is 318. The van der Waals surface area contributed by atoms with Gasteiger partial charge in [-0.1, -0.05) is 31.2 Å². The van der Waals surface area contributed by atoms with E-state index in [1.165, 1.54) is 0 Å². The Morgan fingerprint density at radius 2 is 2.00 bits per heavy atom. The summed E-state index contributed by atoms with van der Waals surface area (Å²) in [5.41, 5.74) is 1.86. The zero-order valence-corrected chi connectivity index (χ0v) is 8.85. The minimum absolute atomic E-state index is 0.303. The SMILES string of the molecule is CCC(O)c1ccccc1C1OCCO1. The van der Waals surface area contributed by atoms with E-state index in [0.717, 1.165) is 11.1 Å². The Hall–Kier alpha value is -0.900. The maximum absolute atomic E-state index is 9.86. The van der Waals surface area contributed by atoms with Crippen molar-refractivity contribution >= 4 is 0 Å². The quantitative estimate of drug-likeness (QED) is 0.827. The summed E-state index contributed by atoms with van der Waals surface area (Å²) in [6.45, 7) is 3.21. The maximum atomic E-state index is 9.86. The van der Waals surface area contributed by atoms with Crippen molar-refractivity contribution < 1.29 is 14.6 Å². The van der Waals surface area contributed by atoms with Gasteiger partial charge >= 0.3 is 0 Å². The molecule has 1 fully saturated rings. The van der Waals surface area contributed by atoms with E-state index in [9.17, 15) is 5.11 Å². The van der Waals surface area contributed by atoms with Crippen molar-refractivity contribution in [3.05, 3.63) is 35.4 Å². The van der Waals surface area contributed by atoms with E-state index in [2.05, 4.69) is 0 Å². The fraction of sp³-hybridized carbons (Fsp3) is 0.500. The average Bonchev–Trinajstić information content (AvgIpc) is 2.81. The molecule has 1 aliphatic rings. The van der Waals surface area contributed by atoms with Gasteiger partial charge in [-0.2, -0.15) is 0 Å². The summed E-state index contributed by atoms with van der Waals surface area (Å²) in [6, 6.07) is 7.73. The minimum atomic E-state index is -0.436. The molecule has 15 heavy (non-hydrogen) atoms. The van der Waals surface area contributed by atoms with Crippen LogP contribution in [0, 0.1) is 0 Å². The van der Waals surface area contributed by atoms with Gasteiger partial charge in [0.25, 0.3) is 0 Å². The number of hydrogen-bond donors (Lipinski definition) is 1. The van der Waals surface area contributed by atoms with E-state index in [1.807, 2.05) is 31.2 Å². The van der Waals surface area contributed by atoms with Crippen molar-refractivity contribution in [3.63, 3.8) is 0 Å². The molecular formula is C12H16O3. The molecule has 0 aliphatic carbocycles. The molecule has 0 spiro atoms. The molecular weight excluding hydrogens is 192 g/mol. The smallest absolute Gasteiger partial charge is 0.184 e. The molecule has 0 saturated carbocycles. The summed E-state index contributed by atoms with van der Waals surface area (Å²) in [4.78, 5) is 0. The zero-order chi connectivity index (χ0) is 10.7. The molecule has 2 rings (SSSR count). The molecule has 1 heterocycles. The van der Waals surface area contributed by atoms with Crippen LogP contribution in [0.15, 0.2) is 24.3 Å². The van der Waals surface area contributed by atoms with Crippen molar-refractivity contribution in [1.29, 1.82) is 0 Å². The molecule has 0 radical (unpaired) electrons. The molecule has 1 N–H and O–H groups in total. The Balaban J connectivity index is 2.28. The fourth-order valence-electron chi connectivity index (χ4n) is 1.79. The van der Waals surface area contributed by atoms with Crippen LogP contribution in [0.4, 0.5) is 0 Å². The van der Waals surface area contributed by atoms with Crippen LogP contribution in [0.25, 0.3) is 0 Å².